The standard InChI is InChI=1S/C22H23N3O4S/c26-20(25-19(22(28)29)12-14-6-2-1-3-7-14)17(10-11-30)24-21(27)18-13-15-8-4-5-9-16(15)23-18/h1-9,13,17,19,23,30H,10-12H2,(H,24,27)(H,25,26)(H,28,29)/t17-,19-/m1/s1. The molecule has 0 bridgehead atoms. The zero-order valence-corrected chi connectivity index (χ0v) is 17.1. The first-order valence-corrected chi connectivity index (χ1v) is 10.2. The van der Waals surface area contributed by atoms with Gasteiger partial charge in [0, 0.05) is 17.3 Å². The number of amides is 2. The van der Waals surface area contributed by atoms with E-state index in [1.165, 1.54) is 0 Å². The van der Waals surface area contributed by atoms with Crippen LogP contribution in [0.5, 0.6) is 0 Å². The Morgan fingerprint density at radius 2 is 1.67 bits per heavy atom. The van der Waals surface area contributed by atoms with Gasteiger partial charge >= 0.3 is 5.97 Å². The van der Waals surface area contributed by atoms with Crippen LogP contribution in [0, 0.1) is 0 Å². The summed E-state index contributed by atoms with van der Waals surface area (Å²) in [5.41, 5.74) is 1.93. The van der Waals surface area contributed by atoms with Crippen LogP contribution in [0.2, 0.25) is 0 Å². The van der Waals surface area contributed by atoms with Crippen molar-refractivity contribution >= 4 is 41.3 Å². The maximum atomic E-state index is 12.7. The quantitative estimate of drug-likeness (QED) is 0.339. The molecule has 2 amide bonds. The van der Waals surface area contributed by atoms with E-state index in [2.05, 4.69) is 28.2 Å². The lowest BCUT2D eigenvalue weighted by atomic mass is 10.1. The van der Waals surface area contributed by atoms with Crippen LogP contribution in [-0.2, 0) is 16.0 Å². The summed E-state index contributed by atoms with van der Waals surface area (Å²) in [6, 6.07) is 16.2. The van der Waals surface area contributed by atoms with E-state index in [0.29, 0.717) is 11.4 Å². The van der Waals surface area contributed by atoms with Gasteiger partial charge in [0.15, 0.2) is 0 Å². The second-order valence-corrected chi connectivity index (χ2v) is 7.34. The van der Waals surface area contributed by atoms with Crippen LogP contribution < -0.4 is 10.6 Å². The average Bonchev–Trinajstić information content (AvgIpc) is 3.18. The summed E-state index contributed by atoms with van der Waals surface area (Å²) in [5, 5.41) is 15.6. The highest BCUT2D eigenvalue weighted by molar-refractivity contribution is 7.80. The van der Waals surface area contributed by atoms with Gasteiger partial charge in [0.1, 0.15) is 17.8 Å². The molecule has 0 aliphatic heterocycles. The first-order chi connectivity index (χ1) is 14.5. The van der Waals surface area contributed by atoms with Gasteiger partial charge in [-0.15, -0.1) is 0 Å². The van der Waals surface area contributed by atoms with Gasteiger partial charge in [0.05, 0.1) is 0 Å². The summed E-state index contributed by atoms with van der Waals surface area (Å²) in [6.07, 6.45) is 0.407. The minimum atomic E-state index is -1.14. The lowest BCUT2D eigenvalue weighted by molar-refractivity contribution is -0.142. The third kappa shape index (κ3) is 5.42. The minimum absolute atomic E-state index is 0.144. The van der Waals surface area contributed by atoms with Gasteiger partial charge in [-0.2, -0.15) is 12.6 Å². The van der Waals surface area contributed by atoms with Gasteiger partial charge in [0.2, 0.25) is 5.91 Å². The van der Waals surface area contributed by atoms with E-state index in [4.69, 9.17) is 0 Å². The summed E-state index contributed by atoms with van der Waals surface area (Å²) in [6.45, 7) is 0. The molecule has 0 spiro atoms. The minimum Gasteiger partial charge on any atom is -0.480 e. The van der Waals surface area contributed by atoms with Crippen LogP contribution in [0.25, 0.3) is 10.9 Å². The van der Waals surface area contributed by atoms with E-state index < -0.39 is 29.9 Å². The SMILES string of the molecule is O=C(N[C@H](CCS)C(=O)N[C@H](Cc1ccccc1)C(=O)O)c1cc2ccccc2[nH]1. The highest BCUT2D eigenvalue weighted by atomic mass is 32.1. The summed E-state index contributed by atoms with van der Waals surface area (Å²) in [5.74, 6) is -1.79. The Kier molecular flexibility index (Phi) is 7.13. The van der Waals surface area contributed by atoms with Crippen molar-refractivity contribution in [3.8, 4) is 0 Å². The number of thiol groups is 1. The fourth-order valence-corrected chi connectivity index (χ4v) is 3.41. The van der Waals surface area contributed by atoms with Gasteiger partial charge < -0.3 is 20.7 Å². The monoisotopic (exact) mass is 425 g/mol. The molecule has 4 N–H and O–H groups in total. The molecule has 0 unspecified atom stereocenters. The van der Waals surface area contributed by atoms with E-state index in [0.717, 1.165) is 16.5 Å². The molecular weight excluding hydrogens is 402 g/mol. The molecule has 7 nitrogen and oxygen atoms in total. The van der Waals surface area contributed by atoms with Crippen LogP contribution in [0.1, 0.15) is 22.5 Å². The van der Waals surface area contributed by atoms with Gasteiger partial charge in [-0.3, -0.25) is 9.59 Å². The molecule has 3 aromatic rings. The molecule has 0 aliphatic carbocycles. The Morgan fingerprint density at radius 3 is 2.33 bits per heavy atom. The molecule has 0 radical (unpaired) electrons. The van der Waals surface area contributed by atoms with Crippen molar-refractivity contribution in [3.05, 3.63) is 71.9 Å². The van der Waals surface area contributed by atoms with Crippen LogP contribution in [0.15, 0.2) is 60.7 Å². The number of para-hydroxylation sites is 1. The van der Waals surface area contributed by atoms with Crippen molar-refractivity contribution in [2.24, 2.45) is 0 Å². The molecule has 8 heteroatoms. The summed E-state index contributed by atoms with van der Waals surface area (Å²) in [4.78, 5) is 40.1. The molecule has 0 aliphatic rings. The summed E-state index contributed by atoms with van der Waals surface area (Å²) >= 11 is 4.16. The number of aliphatic carboxylic acids is 1. The molecule has 0 saturated heterocycles. The zero-order chi connectivity index (χ0) is 21.5. The van der Waals surface area contributed by atoms with Crippen molar-refractivity contribution in [1.82, 2.24) is 15.6 Å². The Morgan fingerprint density at radius 1 is 0.967 bits per heavy atom. The number of H-pyrrole nitrogens is 1. The lowest BCUT2D eigenvalue weighted by Crippen LogP contribution is -2.52. The molecule has 30 heavy (non-hydrogen) atoms. The van der Waals surface area contributed by atoms with Crippen LogP contribution in [-0.4, -0.2) is 45.7 Å². The normalized spacial score (nSPS) is 12.8. The Balaban J connectivity index is 1.69. The van der Waals surface area contributed by atoms with E-state index >= 15 is 0 Å². The topological polar surface area (TPSA) is 111 Å². The number of carboxylic acid groups (broad SMARTS) is 1. The number of carbonyl (C=O) groups is 3. The van der Waals surface area contributed by atoms with Gasteiger partial charge in [-0.05, 0) is 29.9 Å². The number of aromatic nitrogens is 1. The molecule has 0 fully saturated rings. The van der Waals surface area contributed by atoms with Crippen molar-refractivity contribution in [1.29, 1.82) is 0 Å². The Hall–Kier alpha value is -3.26. The number of aromatic amines is 1. The fourth-order valence-electron chi connectivity index (χ4n) is 3.15. The van der Waals surface area contributed by atoms with Crippen molar-refractivity contribution < 1.29 is 19.5 Å². The first-order valence-electron chi connectivity index (χ1n) is 9.54. The number of hydrogen-bond acceptors (Lipinski definition) is 4. The Labute approximate surface area is 179 Å². The molecule has 1 heterocycles. The third-order valence-corrected chi connectivity index (χ3v) is 4.97. The summed E-state index contributed by atoms with van der Waals surface area (Å²) in [7, 11) is 0. The maximum Gasteiger partial charge on any atom is 0.326 e. The molecule has 2 atom stereocenters. The molecule has 3 rings (SSSR count). The van der Waals surface area contributed by atoms with Gasteiger partial charge in [-0.25, -0.2) is 4.79 Å². The molecular formula is C22H23N3O4S. The maximum absolute atomic E-state index is 12.7. The van der Waals surface area contributed by atoms with Gasteiger partial charge in [-0.1, -0.05) is 48.5 Å². The van der Waals surface area contributed by atoms with E-state index in [-0.39, 0.29) is 12.8 Å². The first kappa shape index (κ1) is 21.4. The van der Waals surface area contributed by atoms with Crippen LogP contribution in [0.3, 0.4) is 0 Å². The van der Waals surface area contributed by atoms with Crippen LogP contribution in [0.4, 0.5) is 0 Å². The third-order valence-electron chi connectivity index (χ3n) is 4.71. The van der Waals surface area contributed by atoms with Crippen molar-refractivity contribution in [2.75, 3.05) is 5.75 Å². The number of fused-ring (bicyclic) bond motifs is 1. The largest absolute Gasteiger partial charge is 0.480 e. The number of rotatable bonds is 9. The lowest BCUT2D eigenvalue weighted by Gasteiger charge is -2.21. The highest BCUT2D eigenvalue weighted by Gasteiger charge is 2.27. The van der Waals surface area contributed by atoms with Crippen molar-refractivity contribution in [2.45, 2.75) is 24.9 Å². The number of nitrogens with one attached hydrogen (secondary N) is 3. The van der Waals surface area contributed by atoms with Crippen LogP contribution >= 0.6 is 12.6 Å². The molecule has 156 valence electrons. The number of hydrogen-bond donors (Lipinski definition) is 5. The second kappa shape index (κ2) is 9.98. The second-order valence-electron chi connectivity index (χ2n) is 6.90. The zero-order valence-electron chi connectivity index (χ0n) is 16.2. The van der Waals surface area contributed by atoms with Gasteiger partial charge in [0.25, 0.3) is 5.91 Å². The highest BCUT2D eigenvalue weighted by Crippen LogP contribution is 2.15. The fraction of sp³-hybridized carbons (Fsp3) is 0.227. The average molecular weight is 426 g/mol. The van der Waals surface area contributed by atoms with E-state index in [9.17, 15) is 19.5 Å². The molecule has 0 saturated carbocycles. The number of carboxylic acids is 1. The van der Waals surface area contributed by atoms with E-state index in [1.54, 1.807) is 30.3 Å². The van der Waals surface area contributed by atoms with E-state index in [1.807, 2.05) is 30.3 Å². The molecule has 1 aromatic heterocycles. The number of benzene rings is 2. The molecule has 2 aromatic carbocycles. The predicted octanol–water partition coefficient (Wildman–Crippen LogP) is 2.40. The number of carbonyl (C=O) groups excluding carboxylic acids is 2. The van der Waals surface area contributed by atoms with Crippen molar-refractivity contribution in [3.63, 3.8) is 0 Å². The smallest absolute Gasteiger partial charge is 0.326 e. The predicted molar refractivity (Wildman–Crippen MR) is 118 cm³/mol. The Bertz CT molecular complexity index is 1000. The summed E-state index contributed by atoms with van der Waals surface area (Å²) < 4.78 is 0.